The first-order valence-electron chi connectivity index (χ1n) is 6.25. The number of benzene rings is 1. The smallest absolute Gasteiger partial charge is 0.356 e. The molecular weight excluding hydrogens is 276 g/mol. The first-order valence-corrected chi connectivity index (χ1v) is 7.13. The van der Waals surface area contributed by atoms with E-state index in [-0.39, 0.29) is 18.2 Å². The van der Waals surface area contributed by atoms with Gasteiger partial charge in [-0.3, -0.25) is 9.79 Å². The van der Waals surface area contributed by atoms with Crippen molar-refractivity contribution in [1.29, 1.82) is 0 Å². The van der Waals surface area contributed by atoms with E-state index >= 15 is 0 Å². The molecule has 1 amide bonds. The lowest BCUT2D eigenvalue weighted by Crippen LogP contribution is -2.17. The van der Waals surface area contributed by atoms with E-state index in [0.29, 0.717) is 16.5 Å². The molecule has 0 atom stereocenters. The summed E-state index contributed by atoms with van der Waals surface area (Å²) in [6, 6.07) is 5.58. The highest BCUT2D eigenvalue weighted by molar-refractivity contribution is 7.99. The number of ether oxygens (including phenoxy) is 1. The van der Waals surface area contributed by atoms with Crippen LogP contribution >= 0.6 is 11.8 Å². The number of fused-ring (bicyclic) bond motifs is 1. The molecular formula is C14H16N2O3S. The number of nitrogens with one attached hydrogen (secondary N) is 1. The van der Waals surface area contributed by atoms with Crippen molar-refractivity contribution in [2.75, 3.05) is 19.0 Å². The van der Waals surface area contributed by atoms with Crippen LogP contribution in [0.3, 0.4) is 0 Å². The number of amides is 1. The van der Waals surface area contributed by atoms with Crippen molar-refractivity contribution < 1.29 is 14.3 Å². The zero-order chi connectivity index (χ0) is 14.7. The van der Waals surface area contributed by atoms with Crippen molar-refractivity contribution in [1.82, 2.24) is 0 Å². The number of thioether (sulfide) groups is 1. The van der Waals surface area contributed by atoms with Gasteiger partial charge in [-0.05, 0) is 18.2 Å². The zero-order valence-electron chi connectivity index (χ0n) is 11.6. The van der Waals surface area contributed by atoms with Gasteiger partial charge in [0.2, 0.25) is 5.91 Å². The number of benzodiazepines with no additional fused rings is 1. The molecule has 1 aliphatic rings. The maximum Gasteiger partial charge on any atom is 0.356 e. The Hall–Kier alpha value is -1.82. The Morgan fingerprint density at radius 1 is 1.45 bits per heavy atom. The number of methoxy groups -OCH3 is 1. The second-order valence-electron chi connectivity index (χ2n) is 4.58. The number of nitrogens with zero attached hydrogens (tertiary/aromatic N) is 1. The Morgan fingerprint density at radius 2 is 2.20 bits per heavy atom. The van der Waals surface area contributed by atoms with E-state index < -0.39 is 5.97 Å². The molecule has 20 heavy (non-hydrogen) atoms. The Labute approximate surface area is 121 Å². The van der Waals surface area contributed by atoms with E-state index in [0.717, 1.165) is 4.90 Å². The van der Waals surface area contributed by atoms with Gasteiger partial charge < -0.3 is 10.1 Å². The third-order valence-corrected chi connectivity index (χ3v) is 3.65. The van der Waals surface area contributed by atoms with Crippen molar-refractivity contribution >= 4 is 35.0 Å². The zero-order valence-corrected chi connectivity index (χ0v) is 12.4. The Bertz CT molecular complexity index is 582. The lowest BCUT2D eigenvalue weighted by Gasteiger charge is -2.11. The molecule has 6 heteroatoms. The summed E-state index contributed by atoms with van der Waals surface area (Å²) >= 11 is 1.68. The van der Waals surface area contributed by atoms with E-state index in [1.54, 1.807) is 17.8 Å². The van der Waals surface area contributed by atoms with Crippen LogP contribution in [-0.2, 0) is 14.3 Å². The summed E-state index contributed by atoms with van der Waals surface area (Å²) in [6.07, 6.45) is 0. The quantitative estimate of drug-likeness (QED) is 0.684. The van der Waals surface area contributed by atoms with Gasteiger partial charge in [0.05, 0.1) is 12.8 Å². The van der Waals surface area contributed by atoms with Gasteiger partial charge in [0, 0.05) is 15.7 Å². The number of carbonyl (C=O) groups is 2. The van der Waals surface area contributed by atoms with E-state index in [1.807, 2.05) is 12.1 Å². The average molecular weight is 292 g/mol. The van der Waals surface area contributed by atoms with Crippen LogP contribution in [0.25, 0.3) is 0 Å². The number of esters is 1. The van der Waals surface area contributed by atoms with Crippen LogP contribution in [0.4, 0.5) is 5.69 Å². The van der Waals surface area contributed by atoms with Crippen LogP contribution in [0, 0.1) is 0 Å². The van der Waals surface area contributed by atoms with Gasteiger partial charge in [0.1, 0.15) is 6.54 Å². The van der Waals surface area contributed by atoms with Gasteiger partial charge in [0.25, 0.3) is 0 Å². The van der Waals surface area contributed by atoms with E-state index in [4.69, 9.17) is 4.74 Å². The van der Waals surface area contributed by atoms with E-state index in [9.17, 15) is 9.59 Å². The standard InChI is InChI=1S/C14H16N2O3S/c1-8(2)20-9-4-5-11-10(6-9)13(14(18)19-3)15-7-12(17)16-11/h4-6,8H,7H2,1-3H3,(H,16,17). The second kappa shape index (κ2) is 6.09. The maximum absolute atomic E-state index is 11.8. The summed E-state index contributed by atoms with van der Waals surface area (Å²) in [6.45, 7) is 4.10. The molecule has 1 aromatic rings. The maximum atomic E-state index is 11.8. The first-order chi connectivity index (χ1) is 9.51. The number of hydrogen-bond donors (Lipinski definition) is 1. The molecule has 0 bridgehead atoms. The molecule has 5 nitrogen and oxygen atoms in total. The molecule has 0 unspecified atom stereocenters. The summed E-state index contributed by atoms with van der Waals surface area (Å²) < 4.78 is 4.74. The predicted octanol–water partition coefficient (Wildman–Crippen LogP) is 2.10. The molecule has 0 saturated heterocycles. The molecule has 0 aromatic heterocycles. The van der Waals surface area contributed by atoms with Gasteiger partial charge in [-0.15, -0.1) is 11.8 Å². The lowest BCUT2D eigenvalue weighted by atomic mass is 10.1. The Kier molecular flexibility index (Phi) is 4.44. The highest BCUT2D eigenvalue weighted by Gasteiger charge is 2.23. The molecule has 0 spiro atoms. The minimum absolute atomic E-state index is 0.0776. The SMILES string of the molecule is COC(=O)C1=NCC(=O)Nc2ccc(SC(C)C)cc21. The molecule has 0 aliphatic carbocycles. The second-order valence-corrected chi connectivity index (χ2v) is 6.23. The van der Waals surface area contributed by atoms with Crippen molar-refractivity contribution in [2.45, 2.75) is 24.0 Å². The lowest BCUT2D eigenvalue weighted by molar-refractivity contribution is -0.132. The molecule has 1 heterocycles. The molecule has 0 fully saturated rings. The van der Waals surface area contributed by atoms with E-state index in [2.05, 4.69) is 24.2 Å². The Morgan fingerprint density at radius 3 is 2.85 bits per heavy atom. The molecule has 1 aliphatic heterocycles. The number of aliphatic imine (C=N–C) groups is 1. The fourth-order valence-electron chi connectivity index (χ4n) is 1.87. The summed E-state index contributed by atoms with van der Waals surface area (Å²) in [5, 5.41) is 3.16. The van der Waals surface area contributed by atoms with E-state index in [1.165, 1.54) is 7.11 Å². The van der Waals surface area contributed by atoms with Crippen molar-refractivity contribution in [3.05, 3.63) is 23.8 Å². The minimum atomic E-state index is -0.533. The van der Waals surface area contributed by atoms with Crippen molar-refractivity contribution in [2.24, 2.45) is 4.99 Å². The Balaban J connectivity index is 2.48. The summed E-state index contributed by atoms with van der Waals surface area (Å²) in [5.41, 5.74) is 1.38. The predicted molar refractivity (Wildman–Crippen MR) is 79.5 cm³/mol. The van der Waals surface area contributed by atoms with Crippen molar-refractivity contribution in [3.8, 4) is 0 Å². The molecule has 0 saturated carbocycles. The third-order valence-electron chi connectivity index (χ3n) is 2.65. The van der Waals surface area contributed by atoms with Gasteiger partial charge in [-0.1, -0.05) is 13.8 Å². The molecule has 2 rings (SSSR count). The fourth-order valence-corrected chi connectivity index (χ4v) is 2.75. The summed E-state index contributed by atoms with van der Waals surface area (Å²) in [7, 11) is 1.30. The molecule has 106 valence electrons. The third kappa shape index (κ3) is 3.19. The molecule has 1 aromatic carbocycles. The van der Waals surface area contributed by atoms with Crippen LogP contribution in [-0.4, -0.2) is 36.5 Å². The normalized spacial score (nSPS) is 14.2. The fraction of sp³-hybridized carbons (Fsp3) is 0.357. The van der Waals surface area contributed by atoms with Gasteiger partial charge in [-0.25, -0.2) is 4.79 Å². The number of rotatable bonds is 3. The summed E-state index contributed by atoms with van der Waals surface area (Å²) in [4.78, 5) is 28.5. The first kappa shape index (κ1) is 14.6. The van der Waals surface area contributed by atoms with Gasteiger partial charge >= 0.3 is 5.97 Å². The highest BCUT2D eigenvalue weighted by Crippen LogP contribution is 2.29. The van der Waals surface area contributed by atoms with Crippen molar-refractivity contribution in [3.63, 3.8) is 0 Å². The number of carbonyl (C=O) groups excluding carboxylic acids is 2. The minimum Gasteiger partial charge on any atom is -0.464 e. The topological polar surface area (TPSA) is 67.8 Å². The van der Waals surface area contributed by atoms with Crippen LogP contribution in [0.2, 0.25) is 0 Å². The van der Waals surface area contributed by atoms with Crippen LogP contribution < -0.4 is 5.32 Å². The highest BCUT2D eigenvalue weighted by atomic mass is 32.2. The monoisotopic (exact) mass is 292 g/mol. The number of anilines is 1. The van der Waals surface area contributed by atoms with Gasteiger partial charge in [-0.2, -0.15) is 0 Å². The van der Waals surface area contributed by atoms with Crippen LogP contribution in [0.15, 0.2) is 28.1 Å². The largest absolute Gasteiger partial charge is 0.464 e. The molecule has 1 N–H and O–H groups in total. The molecule has 0 radical (unpaired) electrons. The summed E-state index contributed by atoms with van der Waals surface area (Å²) in [5.74, 6) is -0.774. The number of hydrogen-bond acceptors (Lipinski definition) is 5. The van der Waals surface area contributed by atoms with Crippen LogP contribution in [0.1, 0.15) is 19.4 Å². The van der Waals surface area contributed by atoms with Crippen LogP contribution in [0.5, 0.6) is 0 Å². The van der Waals surface area contributed by atoms with Gasteiger partial charge in [0.15, 0.2) is 5.71 Å². The average Bonchev–Trinajstić information content (AvgIpc) is 2.55.